The van der Waals surface area contributed by atoms with Gasteiger partial charge in [0.05, 0.1) is 34.3 Å². The monoisotopic (exact) mass is 443 g/mol. The predicted octanol–water partition coefficient (Wildman–Crippen LogP) is 2.52. The van der Waals surface area contributed by atoms with Crippen LogP contribution < -0.4 is 10.8 Å². The van der Waals surface area contributed by atoms with E-state index in [0.29, 0.717) is 11.7 Å². The topological polar surface area (TPSA) is 81.9 Å². The molecule has 0 radical (unpaired) electrons. The number of carbonyl (C=O) groups excluding carboxylic acids is 1. The van der Waals surface area contributed by atoms with E-state index in [2.05, 4.69) is 41.3 Å². The Bertz CT molecular complexity index is 1320. The molecule has 5 rings (SSSR count). The second kappa shape index (κ2) is 8.33. The number of hydrogen-bond donors (Lipinski definition) is 1. The highest BCUT2D eigenvalue weighted by Crippen LogP contribution is 2.43. The average molecular weight is 443 g/mol. The second-order valence-corrected chi connectivity index (χ2v) is 8.86. The summed E-state index contributed by atoms with van der Waals surface area (Å²) in [4.78, 5) is 21.6. The zero-order valence-electron chi connectivity index (χ0n) is 18.2. The van der Waals surface area contributed by atoms with E-state index in [4.69, 9.17) is 9.84 Å². The SMILES string of the molecule is Bc1cc(COC)ccc1-n1nc(-c2cccnc2)c2c1-c1sc(NC(C)=O)nc1CC2. The maximum atomic E-state index is 11.6. The van der Waals surface area contributed by atoms with E-state index in [1.807, 2.05) is 23.0 Å². The molecular weight excluding hydrogens is 421 g/mol. The van der Waals surface area contributed by atoms with Crippen LogP contribution in [0.2, 0.25) is 0 Å². The van der Waals surface area contributed by atoms with Gasteiger partial charge in [0.15, 0.2) is 5.13 Å². The Hall–Kier alpha value is -3.30. The van der Waals surface area contributed by atoms with Gasteiger partial charge >= 0.3 is 0 Å². The highest BCUT2D eigenvalue weighted by Gasteiger charge is 2.30. The lowest BCUT2D eigenvalue weighted by Crippen LogP contribution is -2.16. The van der Waals surface area contributed by atoms with Crippen molar-refractivity contribution in [2.45, 2.75) is 26.4 Å². The number of fused-ring (bicyclic) bond motifs is 3. The first-order valence-corrected chi connectivity index (χ1v) is 11.3. The van der Waals surface area contributed by atoms with E-state index in [0.717, 1.165) is 57.1 Å². The molecule has 4 aromatic rings. The Balaban J connectivity index is 1.72. The Kier molecular flexibility index (Phi) is 5.36. The first-order valence-electron chi connectivity index (χ1n) is 10.4. The quantitative estimate of drug-likeness (QED) is 0.480. The Morgan fingerprint density at radius 2 is 2.19 bits per heavy atom. The number of carbonyl (C=O) groups is 1. The number of benzene rings is 1. The molecule has 0 atom stereocenters. The summed E-state index contributed by atoms with van der Waals surface area (Å²) in [5.41, 5.74) is 8.40. The van der Waals surface area contributed by atoms with Gasteiger partial charge in [-0.3, -0.25) is 9.78 Å². The lowest BCUT2D eigenvalue weighted by Gasteiger charge is -2.16. The maximum Gasteiger partial charge on any atom is 0.223 e. The number of aryl methyl sites for hydroxylation is 1. The minimum absolute atomic E-state index is 0.120. The lowest BCUT2D eigenvalue weighted by molar-refractivity contribution is -0.114. The van der Waals surface area contributed by atoms with Gasteiger partial charge < -0.3 is 10.1 Å². The summed E-state index contributed by atoms with van der Waals surface area (Å²) in [6, 6.07) is 10.3. The van der Waals surface area contributed by atoms with Gasteiger partial charge in [-0.2, -0.15) is 5.10 Å². The van der Waals surface area contributed by atoms with Gasteiger partial charge in [-0.1, -0.05) is 28.9 Å². The molecule has 1 aromatic carbocycles. The number of hydrogen-bond acceptors (Lipinski definition) is 6. The molecule has 160 valence electrons. The molecule has 0 saturated heterocycles. The highest BCUT2D eigenvalue weighted by atomic mass is 32.1. The fourth-order valence-corrected chi connectivity index (χ4v) is 5.31. The van der Waals surface area contributed by atoms with Gasteiger partial charge in [0.2, 0.25) is 5.91 Å². The van der Waals surface area contributed by atoms with Crippen LogP contribution in [0.5, 0.6) is 0 Å². The van der Waals surface area contributed by atoms with Crippen molar-refractivity contribution in [2.24, 2.45) is 0 Å². The Labute approximate surface area is 190 Å². The van der Waals surface area contributed by atoms with Crippen LogP contribution >= 0.6 is 11.3 Å². The van der Waals surface area contributed by atoms with E-state index in [1.54, 1.807) is 13.3 Å². The number of methoxy groups -OCH3 is 1. The molecule has 0 unspecified atom stereocenters. The van der Waals surface area contributed by atoms with E-state index in [1.165, 1.54) is 23.8 Å². The van der Waals surface area contributed by atoms with E-state index < -0.39 is 0 Å². The normalized spacial score (nSPS) is 12.3. The first kappa shape index (κ1) is 20.6. The fourth-order valence-electron chi connectivity index (χ4n) is 4.19. The fraction of sp³-hybridized carbons (Fsp3) is 0.217. The molecule has 32 heavy (non-hydrogen) atoms. The van der Waals surface area contributed by atoms with Crippen LogP contribution in [0.25, 0.3) is 27.5 Å². The average Bonchev–Trinajstić information content (AvgIpc) is 3.35. The number of nitrogens with one attached hydrogen (secondary N) is 1. The zero-order chi connectivity index (χ0) is 22.2. The number of aromatic nitrogens is 4. The third-order valence-corrected chi connectivity index (χ3v) is 6.55. The number of thiazole rings is 1. The molecule has 0 saturated carbocycles. The van der Waals surface area contributed by atoms with Crippen LogP contribution in [-0.2, 0) is 29.0 Å². The smallest absolute Gasteiger partial charge is 0.223 e. The summed E-state index contributed by atoms with van der Waals surface area (Å²) >= 11 is 1.50. The van der Waals surface area contributed by atoms with Crippen LogP contribution in [0.3, 0.4) is 0 Å². The molecule has 0 spiro atoms. The van der Waals surface area contributed by atoms with Crippen molar-refractivity contribution in [3.05, 3.63) is 59.5 Å². The summed E-state index contributed by atoms with van der Waals surface area (Å²) in [5.74, 6) is -0.120. The Morgan fingerprint density at radius 3 is 2.91 bits per heavy atom. The molecule has 9 heteroatoms. The minimum Gasteiger partial charge on any atom is -0.380 e. The van der Waals surface area contributed by atoms with Gasteiger partial charge in [-0.15, -0.1) is 0 Å². The number of anilines is 1. The minimum atomic E-state index is -0.120. The van der Waals surface area contributed by atoms with Gasteiger partial charge in [-0.05, 0) is 36.6 Å². The van der Waals surface area contributed by atoms with E-state index in [9.17, 15) is 4.79 Å². The van der Waals surface area contributed by atoms with Gasteiger partial charge in [0, 0.05) is 37.6 Å². The molecule has 0 aliphatic heterocycles. The van der Waals surface area contributed by atoms with Crippen LogP contribution in [0.15, 0.2) is 42.7 Å². The largest absolute Gasteiger partial charge is 0.380 e. The van der Waals surface area contributed by atoms with Crippen molar-refractivity contribution in [1.82, 2.24) is 19.7 Å². The van der Waals surface area contributed by atoms with Crippen molar-refractivity contribution in [1.29, 1.82) is 0 Å². The zero-order valence-corrected chi connectivity index (χ0v) is 19.0. The predicted molar refractivity (Wildman–Crippen MR) is 129 cm³/mol. The number of nitrogens with zero attached hydrogens (tertiary/aromatic N) is 4. The maximum absolute atomic E-state index is 11.6. The highest BCUT2D eigenvalue weighted by molar-refractivity contribution is 7.19. The van der Waals surface area contributed by atoms with Crippen molar-refractivity contribution in [3.8, 4) is 27.5 Å². The summed E-state index contributed by atoms with van der Waals surface area (Å²) in [6.45, 7) is 2.07. The number of ether oxygens (including phenoxy) is 1. The van der Waals surface area contributed by atoms with Crippen molar-refractivity contribution >= 4 is 35.7 Å². The second-order valence-electron chi connectivity index (χ2n) is 7.86. The summed E-state index contributed by atoms with van der Waals surface area (Å²) in [5, 5.41) is 8.54. The molecule has 0 bridgehead atoms. The molecule has 1 aliphatic rings. The molecule has 7 nitrogen and oxygen atoms in total. The third-order valence-electron chi connectivity index (χ3n) is 5.53. The molecule has 3 heterocycles. The van der Waals surface area contributed by atoms with Gasteiger partial charge in [-0.25, -0.2) is 9.67 Å². The number of amides is 1. The molecule has 3 aromatic heterocycles. The third kappa shape index (κ3) is 3.63. The van der Waals surface area contributed by atoms with Gasteiger partial charge in [0.25, 0.3) is 0 Å². The number of pyridine rings is 1. The Morgan fingerprint density at radius 1 is 1.31 bits per heavy atom. The number of rotatable bonds is 5. The van der Waals surface area contributed by atoms with Crippen LogP contribution in [0.4, 0.5) is 5.13 Å². The van der Waals surface area contributed by atoms with Crippen LogP contribution in [-0.4, -0.2) is 40.6 Å². The summed E-state index contributed by atoms with van der Waals surface area (Å²) < 4.78 is 7.32. The summed E-state index contributed by atoms with van der Waals surface area (Å²) in [7, 11) is 3.79. The van der Waals surface area contributed by atoms with E-state index in [-0.39, 0.29) is 5.91 Å². The molecular formula is C23H22BN5O2S. The molecule has 1 N–H and O–H groups in total. The van der Waals surface area contributed by atoms with E-state index >= 15 is 0 Å². The standard InChI is InChI=1S/C23H22BN5O2S/c1-13(30)26-23-27-18-7-6-16-20(15-4-3-9-25-11-15)28-29(21(16)22(18)32-23)19-8-5-14(12-31-2)10-17(19)24/h3-5,8-11H,6-7,12,24H2,1-2H3,(H,26,27,30). The summed E-state index contributed by atoms with van der Waals surface area (Å²) in [6.07, 6.45) is 5.26. The van der Waals surface area contributed by atoms with Crippen LogP contribution in [0, 0.1) is 0 Å². The van der Waals surface area contributed by atoms with Gasteiger partial charge in [0.1, 0.15) is 7.85 Å². The molecule has 1 amide bonds. The van der Waals surface area contributed by atoms with Crippen molar-refractivity contribution in [2.75, 3.05) is 12.4 Å². The first-order chi connectivity index (χ1) is 15.5. The van der Waals surface area contributed by atoms with Crippen molar-refractivity contribution in [3.63, 3.8) is 0 Å². The molecule has 0 fully saturated rings. The van der Waals surface area contributed by atoms with Crippen LogP contribution in [0.1, 0.15) is 23.7 Å². The lowest BCUT2D eigenvalue weighted by atomic mass is 9.91. The van der Waals surface area contributed by atoms with Crippen molar-refractivity contribution < 1.29 is 9.53 Å². The molecule has 1 aliphatic carbocycles.